The molecule has 20 heavy (non-hydrogen) atoms. The van der Waals surface area contributed by atoms with E-state index in [4.69, 9.17) is 10.00 Å². The number of ether oxygens (including phenoxy) is 1. The minimum absolute atomic E-state index is 0.674. The second-order valence-corrected chi connectivity index (χ2v) is 4.66. The van der Waals surface area contributed by atoms with Crippen LogP contribution in [-0.2, 0) is 4.74 Å². The number of hydrogen-bond donors (Lipinski definition) is 0. The molecule has 100 valence electrons. The standard InChI is InChI=1S/C16H15N3O/c17-11-13-3-1-2-4-15(13)14-5-6-16(18-12-14)19-7-9-20-10-8-19/h1-6,12H,7-10H2. The molecular weight excluding hydrogens is 250 g/mol. The van der Waals surface area contributed by atoms with Crippen molar-refractivity contribution in [3.05, 3.63) is 48.2 Å². The van der Waals surface area contributed by atoms with Gasteiger partial charge >= 0.3 is 0 Å². The van der Waals surface area contributed by atoms with Crippen LogP contribution in [0.2, 0.25) is 0 Å². The van der Waals surface area contributed by atoms with E-state index in [2.05, 4.69) is 16.0 Å². The number of rotatable bonds is 2. The number of benzene rings is 1. The van der Waals surface area contributed by atoms with Crippen LogP contribution in [0.25, 0.3) is 11.1 Å². The quantitative estimate of drug-likeness (QED) is 0.837. The molecule has 4 nitrogen and oxygen atoms in total. The van der Waals surface area contributed by atoms with E-state index >= 15 is 0 Å². The van der Waals surface area contributed by atoms with Gasteiger partial charge in [0.1, 0.15) is 5.82 Å². The van der Waals surface area contributed by atoms with Crippen LogP contribution in [0.15, 0.2) is 42.6 Å². The smallest absolute Gasteiger partial charge is 0.128 e. The minimum atomic E-state index is 0.674. The number of pyridine rings is 1. The lowest BCUT2D eigenvalue weighted by atomic mass is 10.0. The van der Waals surface area contributed by atoms with Crippen molar-refractivity contribution in [3.8, 4) is 17.2 Å². The second-order valence-electron chi connectivity index (χ2n) is 4.66. The Morgan fingerprint density at radius 2 is 1.90 bits per heavy atom. The van der Waals surface area contributed by atoms with Gasteiger partial charge in [-0.15, -0.1) is 0 Å². The van der Waals surface area contributed by atoms with Crippen molar-refractivity contribution in [2.24, 2.45) is 0 Å². The Hall–Kier alpha value is -2.38. The number of nitriles is 1. The lowest BCUT2D eigenvalue weighted by Crippen LogP contribution is -2.36. The zero-order valence-corrected chi connectivity index (χ0v) is 11.1. The van der Waals surface area contributed by atoms with E-state index in [0.29, 0.717) is 5.56 Å². The van der Waals surface area contributed by atoms with Crippen molar-refractivity contribution < 1.29 is 4.74 Å². The Kier molecular flexibility index (Phi) is 3.62. The Bertz CT molecular complexity index is 625. The van der Waals surface area contributed by atoms with Crippen LogP contribution in [0.4, 0.5) is 5.82 Å². The lowest BCUT2D eigenvalue weighted by Gasteiger charge is -2.27. The Labute approximate surface area is 118 Å². The molecule has 1 aromatic carbocycles. The summed E-state index contributed by atoms with van der Waals surface area (Å²) in [4.78, 5) is 6.73. The largest absolute Gasteiger partial charge is 0.378 e. The molecule has 0 amide bonds. The molecule has 0 unspecified atom stereocenters. The number of anilines is 1. The summed E-state index contributed by atoms with van der Waals surface area (Å²) >= 11 is 0. The van der Waals surface area contributed by atoms with Gasteiger partial charge in [-0.3, -0.25) is 0 Å². The average molecular weight is 265 g/mol. The van der Waals surface area contributed by atoms with Gasteiger partial charge < -0.3 is 9.64 Å². The maximum atomic E-state index is 9.15. The third kappa shape index (κ3) is 2.49. The van der Waals surface area contributed by atoms with Gasteiger partial charge in [-0.2, -0.15) is 5.26 Å². The zero-order valence-electron chi connectivity index (χ0n) is 11.1. The molecule has 2 aromatic rings. The van der Waals surface area contributed by atoms with Gasteiger partial charge in [-0.25, -0.2) is 4.98 Å². The molecule has 3 rings (SSSR count). The molecule has 0 aliphatic carbocycles. The first-order valence-electron chi connectivity index (χ1n) is 6.67. The number of morpholine rings is 1. The molecule has 4 heteroatoms. The van der Waals surface area contributed by atoms with Crippen LogP contribution in [0.5, 0.6) is 0 Å². The summed E-state index contributed by atoms with van der Waals surface area (Å²) in [6, 6.07) is 13.8. The van der Waals surface area contributed by atoms with Crippen molar-refractivity contribution in [2.45, 2.75) is 0 Å². The Morgan fingerprint density at radius 1 is 1.10 bits per heavy atom. The fourth-order valence-corrected chi connectivity index (χ4v) is 2.36. The fraction of sp³-hybridized carbons (Fsp3) is 0.250. The highest BCUT2D eigenvalue weighted by atomic mass is 16.5. The van der Waals surface area contributed by atoms with Crippen molar-refractivity contribution in [1.82, 2.24) is 4.98 Å². The summed E-state index contributed by atoms with van der Waals surface area (Å²) < 4.78 is 5.34. The average Bonchev–Trinajstić information content (AvgIpc) is 2.56. The normalized spacial score (nSPS) is 14.8. The zero-order chi connectivity index (χ0) is 13.8. The molecule has 0 atom stereocenters. The molecular formula is C16H15N3O. The number of aromatic nitrogens is 1. The van der Waals surface area contributed by atoms with Gasteiger partial charge in [0.15, 0.2) is 0 Å². The maximum Gasteiger partial charge on any atom is 0.128 e. The van der Waals surface area contributed by atoms with Crippen LogP contribution in [0.3, 0.4) is 0 Å². The van der Waals surface area contributed by atoms with Gasteiger partial charge in [0.25, 0.3) is 0 Å². The van der Waals surface area contributed by atoms with Crippen molar-refractivity contribution in [3.63, 3.8) is 0 Å². The highest BCUT2D eigenvalue weighted by molar-refractivity contribution is 5.70. The van der Waals surface area contributed by atoms with E-state index < -0.39 is 0 Å². The van der Waals surface area contributed by atoms with E-state index in [0.717, 1.165) is 43.2 Å². The van der Waals surface area contributed by atoms with Crippen molar-refractivity contribution in [2.75, 3.05) is 31.2 Å². The molecule has 1 aliphatic heterocycles. The van der Waals surface area contributed by atoms with Crippen LogP contribution < -0.4 is 4.90 Å². The van der Waals surface area contributed by atoms with E-state index in [-0.39, 0.29) is 0 Å². The molecule has 0 radical (unpaired) electrons. The minimum Gasteiger partial charge on any atom is -0.378 e. The summed E-state index contributed by atoms with van der Waals surface area (Å²) in [5.41, 5.74) is 2.57. The van der Waals surface area contributed by atoms with Gasteiger partial charge in [-0.05, 0) is 18.2 Å². The summed E-state index contributed by atoms with van der Waals surface area (Å²) in [6.07, 6.45) is 1.83. The SMILES string of the molecule is N#Cc1ccccc1-c1ccc(N2CCOCC2)nc1. The first-order valence-corrected chi connectivity index (χ1v) is 6.67. The highest BCUT2D eigenvalue weighted by Gasteiger charge is 2.12. The maximum absolute atomic E-state index is 9.15. The molecule has 2 heterocycles. The molecule has 1 aromatic heterocycles. The molecule has 0 N–H and O–H groups in total. The predicted octanol–water partition coefficient (Wildman–Crippen LogP) is 2.46. The summed E-state index contributed by atoms with van der Waals surface area (Å²) in [7, 11) is 0. The first kappa shape index (κ1) is 12.6. The molecule has 1 saturated heterocycles. The Balaban J connectivity index is 1.87. The fourth-order valence-electron chi connectivity index (χ4n) is 2.36. The number of nitrogens with zero attached hydrogens (tertiary/aromatic N) is 3. The predicted molar refractivity (Wildman–Crippen MR) is 77.4 cm³/mol. The van der Waals surface area contributed by atoms with E-state index in [1.807, 2.05) is 42.6 Å². The van der Waals surface area contributed by atoms with Gasteiger partial charge in [0, 0.05) is 30.4 Å². The van der Waals surface area contributed by atoms with Crippen molar-refractivity contribution >= 4 is 5.82 Å². The molecule has 0 saturated carbocycles. The molecule has 0 bridgehead atoms. The van der Waals surface area contributed by atoms with Gasteiger partial charge in [0.05, 0.1) is 24.8 Å². The van der Waals surface area contributed by atoms with Gasteiger partial charge in [-0.1, -0.05) is 18.2 Å². The van der Waals surface area contributed by atoms with Crippen molar-refractivity contribution in [1.29, 1.82) is 5.26 Å². The van der Waals surface area contributed by atoms with E-state index in [9.17, 15) is 0 Å². The van der Waals surface area contributed by atoms with Crippen LogP contribution >= 0.6 is 0 Å². The monoisotopic (exact) mass is 265 g/mol. The lowest BCUT2D eigenvalue weighted by molar-refractivity contribution is 0.122. The topological polar surface area (TPSA) is 49.2 Å². The third-order valence-corrected chi connectivity index (χ3v) is 3.44. The third-order valence-electron chi connectivity index (χ3n) is 3.44. The summed E-state index contributed by atoms with van der Waals surface area (Å²) in [6.45, 7) is 3.25. The second kappa shape index (κ2) is 5.72. The van der Waals surface area contributed by atoms with Crippen LogP contribution in [0.1, 0.15) is 5.56 Å². The Morgan fingerprint density at radius 3 is 2.60 bits per heavy atom. The molecule has 0 spiro atoms. The summed E-state index contributed by atoms with van der Waals surface area (Å²) in [5, 5.41) is 9.15. The van der Waals surface area contributed by atoms with Gasteiger partial charge in [0.2, 0.25) is 0 Å². The van der Waals surface area contributed by atoms with E-state index in [1.54, 1.807) is 0 Å². The molecule has 1 fully saturated rings. The van der Waals surface area contributed by atoms with Crippen LogP contribution in [-0.4, -0.2) is 31.3 Å². The van der Waals surface area contributed by atoms with Crippen LogP contribution in [0, 0.1) is 11.3 Å². The summed E-state index contributed by atoms with van der Waals surface area (Å²) in [5.74, 6) is 0.964. The highest BCUT2D eigenvalue weighted by Crippen LogP contribution is 2.24. The van der Waals surface area contributed by atoms with E-state index in [1.165, 1.54) is 0 Å². The number of hydrogen-bond acceptors (Lipinski definition) is 4. The first-order chi connectivity index (χ1) is 9.88. The molecule has 1 aliphatic rings.